The van der Waals surface area contributed by atoms with Crippen molar-refractivity contribution in [3.8, 4) is 0 Å². The van der Waals surface area contributed by atoms with E-state index in [0.29, 0.717) is 13.0 Å². The molecule has 1 amide bonds. The fourth-order valence-corrected chi connectivity index (χ4v) is 2.63. The lowest BCUT2D eigenvalue weighted by Crippen LogP contribution is -2.34. The Morgan fingerprint density at radius 3 is 3.15 bits per heavy atom. The summed E-state index contributed by atoms with van der Waals surface area (Å²) in [5.74, 6) is 0.150. The van der Waals surface area contributed by atoms with Gasteiger partial charge in [-0.3, -0.25) is 4.79 Å². The van der Waals surface area contributed by atoms with Crippen molar-refractivity contribution in [2.24, 2.45) is 0 Å². The van der Waals surface area contributed by atoms with E-state index in [1.165, 1.54) is 11.1 Å². The SMILES string of the molecule is C=CCC(=O)N1CC=C(c2ccnc3[nH]ccc23)CC1. The van der Waals surface area contributed by atoms with Crippen molar-refractivity contribution in [2.75, 3.05) is 13.1 Å². The van der Waals surface area contributed by atoms with Gasteiger partial charge in [0.25, 0.3) is 0 Å². The van der Waals surface area contributed by atoms with Gasteiger partial charge in [-0.15, -0.1) is 6.58 Å². The molecule has 1 N–H and O–H groups in total. The number of pyridine rings is 1. The quantitative estimate of drug-likeness (QED) is 0.869. The van der Waals surface area contributed by atoms with E-state index >= 15 is 0 Å². The summed E-state index contributed by atoms with van der Waals surface area (Å²) >= 11 is 0. The number of nitrogens with one attached hydrogen (secondary N) is 1. The maximum Gasteiger partial charge on any atom is 0.226 e. The molecule has 3 rings (SSSR count). The number of aromatic amines is 1. The molecule has 1 aliphatic heterocycles. The molecule has 2 aromatic rings. The van der Waals surface area contributed by atoms with Gasteiger partial charge in [-0.25, -0.2) is 4.98 Å². The van der Waals surface area contributed by atoms with Crippen LogP contribution in [0.5, 0.6) is 0 Å². The van der Waals surface area contributed by atoms with Crippen LogP contribution in [0.2, 0.25) is 0 Å². The van der Waals surface area contributed by atoms with Crippen LogP contribution < -0.4 is 0 Å². The largest absolute Gasteiger partial charge is 0.346 e. The highest BCUT2D eigenvalue weighted by Crippen LogP contribution is 2.27. The Morgan fingerprint density at radius 2 is 2.40 bits per heavy atom. The Balaban J connectivity index is 1.84. The van der Waals surface area contributed by atoms with Gasteiger partial charge in [-0.1, -0.05) is 12.2 Å². The number of rotatable bonds is 3. The van der Waals surface area contributed by atoms with E-state index in [1.54, 1.807) is 6.08 Å². The number of nitrogens with zero attached hydrogens (tertiary/aromatic N) is 2. The molecule has 2 aromatic heterocycles. The Hall–Kier alpha value is -2.36. The molecular weight excluding hydrogens is 250 g/mol. The Labute approximate surface area is 117 Å². The fourth-order valence-electron chi connectivity index (χ4n) is 2.63. The first-order valence-electron chi connectivity index (χ1n) is 6.80. The molecule has 0 atom stereocenters. The molecule has 0 saturated carbocycles. The fraction of sp³-hybridized carbons (Fsp3) is 0.250. The van der Waals surface area contributed by atoms with Crippen molar-refractivity contribution in [1.82, 2.24) is 14.9 Å². The lowest BCUT2D eigenvalue weighted by Gasteiger charge is -2.26. The zero-order valence-corrected chi connectivity index (χ0v) is 11.3. The van der Waals surface area contributed by atoms with Gasteiger partial charge in [-0.2, -0.15) is 0 Å². The van der Waals surface area contributed by atoms with E-state index in [-0.39, 0.29) is 5.91 Å². The number of amides is 1. The van der Waals surface area contributed by atoms with Gasteiger partial charge in [0.15, 0.2) is 0 Å². The third-order valence-electron chi connectivity index (χ3n) is 3.69. The summed E-state index contributed by atoms with van der Waals surface area (Å²) in [7, 11) is 0. The lowest BCUT2D eigenvalue weighted by atomic mass is 9.98. The topological polar surface area (TPSA) is 49.0 Å². The van der Waals surface area contributed by atoms with Crippen LogP contribution in [-0.4, -0.2) is 33.9 Å². The molecule has 0 spiro atoms. The predicted molar refractivity (Wildman–Crippen MR) is 80.1 cm³/mol. The summed E-state index contributed by atoms with van der Waals surface area (Å²) in [6, 6.07) is 4.09. The maximum absolute atomic E-state index is 11.8. The summed E-state index contributed by atoms with van der Waals surface area (Å²) in [5.41, 5.74) is 3.42. The normalized spacial score (nSPS) is 15.2. The van der Waals surface area contributed by atoms with Crippen molar-refractivity contribution in [3.05, 3.63) is 48.8 Å². The van der Waals surface area contributed by atoms with Crippen LogP contribution in [0, 0.1) is 0 Å². The number of carbonyl (C=O) groups is 1. The molecule has 1 aliphatic rings. The van der Waals surface area contributed by atoms with Crippen LogP contribution in [0.25, 0.3) is 16.6 Å². The molecule has 0 radical (unpaired) electrons. The van der Waals surface area contributed by atoms with Crippen LogP contribution in [0.15, 0.2) is 43.3 Å². The first-order chi connectivity index (χ1) is 9.79. The monoisotopic (exact) mass is 267 g/mol. The minimum absolute atomic E-state index is 0.150. The zero-order chi connectivity index (χ0) is 13.9. The molecule has 102 valence electrons. The summed E-state index contributed by atoms with van der Waals surface area (Å²) in [6.45, 7) is 5.06. The Kier molecular flexibility index (Phi) is 3.37. The maximum atomic E-state index is 11.8. The number of aromatic nitrogens is 2. The highest BCUT2D eigenvalue weighted by Gasteiger charge is 2.18. The van der Waals surface area contributed by atoms with Crippen LogP contribution in [0.1, 0.15) is 18.4 Å². The molecule has 0 fully saturated rings. The Bertz CT molecular complexity index is 684. The smallest absolute Gasteiger partial charge is 0.226 e. The van der Waals surface area contributed by atoms with Crippen molar-refractivity contribution in [1.29, 1.82) is 0 Å². The van der Waals surface area contributed by atoms with E-state index in [2.05, 4.69) is 22.6 Å². The highest BCUT2D eigenvalue weighted by atomic mass is 16.2. The van der Waals surface area contributed by atoms with E-state index in [0.717, 1.165) is 24.0 Å². The summed E-state index contributed by atoms with van der Waals surface area (Å²) in [6.07, 6.45) is 8.84. The summed E-state index contributed by atoms with van der Waals surface area (Å²) in [4.78, 5) is 21.1. The van der Waals surface area contributed by atoms with Gasteiger partial charge < -0.3 is 9.88 Å². The third kappa shape index (κ3) is 2.25. The second-order valence-electron chi connectivity index (χ2n) is 4.91. The molecule has 4 nitrogen and oxygen atoms in total. The second kappa shape index (κ2) is 5.33. The van der Waals surface area contributed by atoms with Crippen LogP contribution in [-0.2, 0) is 4.79 Å². The first-order valence-corrected chi connectivity index (χ1v) is 6.80. The van der Waals surface area contributed by atoms with E-state index in [4.69, 9.17) is 0 Å². The van der Waals surface area contributed by atoms with Crippen molar-refractivity contribution in [2.45, 2.75) is 12.8 Å². The zero-order valence-electron chi connectivity index (χ0n) is 11.3. The van der Waals surface area contributed by atoms with Gasteiger partial charge >= 0.3 is 0 Å². The number of hydrogen-bond acceptors (Lipinski definition) is 2. The van der Waals surface area contributed by atoms with Gasteiger partial charge in [0, 0.05) is 37.3 Å². The number of H-pyrrole nitrogens is 1. The van der Waals surface area contributed by atoms with Gasteiger partial charge in [0.2, 0.25) is 5.91 Å². The van der Waals surface area contributed by atoms with Gasteiger partial charge in [0.1, 0.15) is 5.65 Å². The molecule has 0 aliphatic carbocycles. The minimum atomic E-state index is 0.150. The minimum Gasteiger partial charge on any atom is -0.346 e. The van der Waals surface area contributed by atoms with Gasteiger partial charge in [0.05, 0.1) is 0 Å². The average Bonchev–Trinajstić information content (AvgIpc) is 2.96. The van der Waals surface area contributed by atoms with Crippen LogP contribution in [0.3, 0.4) is 0 Å². The number of fused-ring (bicyclic) bond motifs is 1. The Morgan fingerprint density at radius 1 is 1.50 bits per heavy atom. The molecule has 4 heteroatoms. The average molecular weight is 267 g/mol. The summed E-state index contributed by atoms with van der Waals surface area (Å²) in [5, 5.41) is 1.14. The molecule has 0 unspecified atom stereocenters. The van der Waals surface area contributed by atoms with Crippen LogP contribution in [0.4, 0.5) is 0 Å². The molecule has 20 heavy (non-hydrogen) atoms. The second-order valence-corrected chi connectivity index (χ2v) is 4.91. The standard InChI is InChI=1S/C16H17N3O/c1-2-3-15(20)19-10-6-12(7-11-19)13-4-8-17-16-14(13)5-9-18-16/h2,4-6,8-9H,1,3,7,10-11H2,(H,17,18). The third-order valence-corrected chi connectivity index (χ3v) is 3.69. The molecule has 3 heterocycles. The highest BCUT2D eigenvalue weighted by molar-refractivity contribution is 5.90. The van der Waals surface area contributed by atoms with Gasteiger partial charge in [-0.05, 0) is 29.7 Å². The van der Waals surface area contributed by atoms with Crippen molar-refractivity contribution in [3.63, 3.8) is 0 Å². The van der Waals surface area contributed by atoms with Crippen molar-refractivity contribution >= 4 is 22.5 Å². The lowest BCUT2D eigenvalue weighted by molar-refractivity contribution is -0.129. The number of hydrogen-bond donors (Lipinski definition) is 1. The molecule has 0 aromatic carbocycles. The molecule has 0 saturated heterocycles. The molecule has 0 bridgehead atoms. The van der Waals surface area contributed by atoms with E-state index in [1.807, 2.05) is 29.4 Å². The van der Waals surface area contributed by atoms with E-state index in [9.17, 15) is 4.79 Å². The first kappa shape index (κ1) is 12.7. The molecular formula is C16H17N3O. The number of carbonyl (C=O) groups excluding carboxylic acids is 1. The van der Waals surface area contributed by atoms with E-state index < -0.39 is 0 Å². The summed E-state index contributed by atoms with van der Waals surface area (Å²) < 4.78 is 0. The predicted octanol–water partition coefficient (Wildman–Crippen LogP) is 2.75. The van der Waals surface area contributed by atoms with Crippen molar-refractivity contribution < 1.29 is 4.79 Å². The van der Waals surface area contributed by atoms with Crippen LogP contribution >= 0.6 is 0 Å².